The van der Waals surface area contributed by atoms with Gasteiger partial charge in [0.05, 0.1) is 5.39 Å². The highest BCUT2D eigenvalue weighted by molar-refractivity contribution is 6.06. The molecule has 2 aromatic carbocycles. The number of rotatable bonds is 3. The number of fused-ring (bicyclic) bond motifs is 1. The number of aromatic hydroxyl groups is 7. The highest BCUT2D eigenvalue weighted by Crippen LogP contribution is 2.57. The van der Waals surface area contributed by atoms with Crippen molar-refractivity contribution in [3.8, 4) is 40.2 Å². The summed E-state index contributed by atoms with van der Waals surface area (Å²) < 4.78 is 0. The molecule has 7 heteroatoms. The van der Waals surface area contributed by atoms with Crippen LogP contribution in [0.2, 0.25) is 0 Å². The van der Waals surface area contributed by atoms with Gasteiger partial charge in [-0.3, -0.25) is 0 Å². The number of aryl methyl sites for hydroxylation is 1. The van der Waals surface area contributed by atoms with Crippen LogP contribution in [0.15, 0.2) is 0 Å². The van der Waals surface area contributed by atoms with Gasteiger partial charge in [-0.05, 0) is 12.8 Å². The fraction of sp³-hybridized carbons (Fsp3) is 0.286. The molecule has 0 aliphatic rings. The van der Waals surface area contributed by atoms with Crippen LogP contribution in [-0.2, 0) is 6.42 Å². The number of hydrogen-bond donors (Lipinski definition) is 7. The molecule has 0 aromatic heterocycles. The van der Waals surface area contributed by atoms with Gasteiger partial charge in [-0.2, -0.15) is 0 Å². The highest BCUT2D eigenvalue weighted by atomic mass is 16.3. The number of phenolic OH excluding ortho intramolecular Hbond substituents is 7. The Bertz CT molecular complexity index is 714. The zero-order chi connectivity index (χ0) is 15.9. The van der Waals surface area contributed by atoms with Crippen LogP contribution in [0.25, 0.3) is 10.8 Å². The molecule has 7 nitrogen and oxygen atoms in total. The summed E-state index contributed by atoms with van der Waals surface area (Å²) in [5.41, 5.74) is 0.0604. The van der Waals surface area contributed by atoms with E-state index in [-0.39, 0.29) is 17.4 Å². The Morgan fingerprint density at radius 2 is 1.00 bits per heavy atom. The predicted molar refractivity (Wildman–Crippen MR) is 74.2 cm³/mol. The Kier molecular flexibility index (Phi) is 3.51. The van der Waals surface area contributed by atoms with Gasteiger partial charge in [0.15, 0.2) is 23.0 Å². The number of hydrogen-bond acceptors (Lipinski definition) is 7. The molecule has 0 saturated heterocycles. The Balaban J connectivity index is 3.02. The smallest absolute Gasteiger partial charge is 0.205 e. The molecule has 0 aliphatic heterocycles. The van der Waals surface area contributed by atoms with Gasteiger partial charge in [-0.25, -0.2) is 0 Å². The van der Waals surface area contributed by atoms with Crippen LogP contribution in [0.1, 0.15) is 25.3 Å². The van der Waals surface area contributed by atoms with Crippen molar-refractivity contribution >= 4 is 10.8 Å². The summed E-state index contributed by atoms with van der Waals surface area (Å²) in [5.74, 6) is -6.10. The van der Waals surface area contributed by atoms with E-state index < -0.39 is 45.6 Å². The van der Waals surface area contributed by atoms with E-state index in [0.29, 0.717) is 6.42 Å². The van der Waals surface area contributed by atoms with Gasteiger partial charge in [0.25, 0.3) is 0 Å². The van der Waals surface area contributed by atoms with Gasteiger partial charge in [-0.1, -0.05) is 13.3 Å². The van der Waals surface area contributed by atoms with Crippen molar-refractivity contribution in [1.29, 1.82) is 0 Å². The molecule has 0 aliphatic carbocycles. The first-order valence-electron chi connectivity index (χ1n) is 6.38. The van der Waals surface area contributed by atoms with Gasteiger partial charge < -0.3 is 35.7 Å². The topological polar surface area (TPSA) is 142 Å². The van der Waals surface area contributed by atoms with E-state index in [4.69, 9.17) is 0 Å². The average Bonchev–Trinajstić information content (AvgIpc) is 2.47. The zero-order valence-electron chi connectivity index (χ0n) is 11.3. The molecule has 0 heterocycles. The maximum atomic E-state index is 9.96. The molecule has 0 radical (unpaired) electrons. The summed E-state index contributed by atoms with van der Waals surface area (Å²) in [4.78, 5) is 0. The minimum absolute atomic E-state index is 0.0604. The first-order chi connectivity index (χ1) is 9.82. The van der Waals surface area contributed by atoms with E-state index in [1.807, 2.05) is 6.92 Å². The zero-order valence-corrected chi connectivity index (χ0v) is 11.3. The summed E-state index contributed by atoms with van der Waals surface area (Å²) in [5, 5.41) is 67.7. The highest BCUT2D eigenvalue weighted by Gasteiger charge is 2.27. The second kappa shape index (κ2) is 5.01. The summed E-state index contributed by atoms with van der Waals surface area (Å²) in [6, 6.07) is 0. The van der Waals surface area contributed by atoms with Crippen molar-refractivity contribution in [2.45, 2.75) is 26.2 Å². The van der Waals surface area contributed by atoms with Crippen molar-refractivity contribution < 1.29 is 35.7 Å². The lowest BCUT2D eigenvalue weighted by molar-refractivity contribution is 0.346. The second-order valence-corrected chi connectivity index (χ2v) is 4.77. The quantitative estimate of drug-likeness (QED) is 0.339. The van der Waals surface area contributed by atoms with E-state index in [1.54, 1.807) is 0 Å². The summed E-state index contributed by atoms with van der Waals surface area (Å²) in [6.45, 7) is 1.89. The van der Waals surface area contributed by atoms with E-state index in [9.17, 15) is 35.7 Å². The monoisotopic (exact) mass is 296 g/mol. The Morgan fingerprint density at radius 3 is 1.48 bits per heavy atom. The fourth-order valence-corrected chi connectivity index (χ4v) is 2.31. The van der Waals surface area contributed by atoms with E-state index in [0.717, 1.165) is 6.42 Å². The third kappa shape index (κ3) is 1.97. The maximum Gasteiger partial charge on any atom is 0.205 e. The lowest BCUT2D eigenvalue weighted by Crippen LogP contribution is -1.92. The maximum absolute atomic E-state index is 9.96. The first kappa shape index (κ1) is 14.7. The standard InChI is InChI=1S/C14H16O7/c1-2-3-4-5-6-7(10(17)12(19)8(5)15)11(18)14(21)13(20)9(6)16/h15-21H,2-4H2,1H3. The van der Waals surface area contributed by atoms with E-state index in [1.165, 1.54) is 0 Å². The Labute approximate surface area is 119 Å². The van der Waals surface area contributed by atoms with Crippen LogP contribution in [0.4, 0.5) is 0 Å². The molecule has 0 bridgehead atoms. The molecule has 0 spiro atoms. The number of benzene rings is 2. The van der Waals surface area contributed by atoms with Gasteiger partial charge in [0.2, 0.25) is 17.2 Å². The summed E-state index contributed by atoms with van der Waals surface area (Å²) in [6.07, 6.45) is 1.57. The molecule has 0 atom stereocenters. The lowest BCUT2D eigenvalue weighted by Gasteiger charge is -2.16. The minimum atomic E-state index is -1.03. The van der Waals surface area contributed by atoms with E-state index >= 15 is 0 Å². The fourth-order valence-electron chi connectivity index (χ4n) is 2.31. The SMILES string of the molecule is CCCCc1c(O)c(O)c(O)c2c(O)c(O)c(O)c(O)c12. The molecule has 2 aromatic rings. The normalized spacial score (nSPS) is 11.1. The molecule has 114 valence electrons. The predicted octanol–water partition coefficient (Wildman–Crippen LogP) is 2.12. The van der Waals surface area contributed by atoms with Crippen molar-refractivity contribution in [1.82, 2.24) is 0 Å². The Morgan fingerprint density at radius 1 is 0.571 bits per heavy atom. The molecular formula is C14H16O7. The molecule has 0 unspecified atom stereocenters. The van der Waals surface area contributed by atoms with E-state index in [2.05, 4.69) is 0 Å². The van der Waals surface area contributed by atoms with Crippen LogP contribution in [0.3, 0.4) is 0 Å². The van der Waals surface area contributed by atoms with Gasteiger partial charge in [-0.15, -0.1) is 0 Å². The molecule has 21 heavy (non-hydrogen) atoms. The largest absolute Gasteiger partial charge is 0.504 e. The van der Waals surface area contributed by atoms with Crippen molar-refractivity contribution in [3.05, 3.63) is 5.56 Å². The van der Waals surface area contributed by atoms with Crippen molar-refractivity contribution in [3.63, 3.8) is 0 Å². The molecule has 0 amide bonds. The number of phenols is 7. The summed E-state index contributed by atoms with van der Waals surface area (Å²) in [7, 11) is 0. The van der Waals surface area contributed by atoms with Crippen LogP contribution in [0.5, 0.6) is 40.2 Å². The van der Waals surface area contributed by atoms with Crippen LogP contribution >= 0.6 is 0 Å². The van der Waals surface area contributed by atoms with Gasteiger partial charge >= 0.3 is 0 Å². The van der Waals surface area contributed by atoms with Crippen molar-refractivity contribution in [2.24, 2.45) is 0 Å². The van der Waals surface area contributed by atoms with Gasteiger partial charge in [0.1, 0.15) is 0 Å². The Hall–Kier alpha value is -2.70. The van der Waals surface area contributed by atoms with Crippen molar-refractivity contribution in [2.75, 3.05) is 0 Å². The second-order valence-electron chi connectivity index (χ2n) is 4.77. The third-order valence-electron chi connectivity index (χ3n) is 3.45. The molecule has 2 rings (SSSR count). The van der Waals surface area contributed by atoms with Crippen LogP contribution in [0, 0.1) is 0 Å². The molecular weight excluding hydrogens is 280 g/mol. The van der Waals surface area contributed by atoms with Gasteiger partial charge in [0, 0.05) is 10.9 Å². The molecule has 7 N–H and O–H groups in total. The average molecular weight is 296 g/mol. The molecule has 0 saturated carbocycles. The first-order valence-corrected chi connectivity index (χ1v) is 6.38. The minimum Gasteiger partial charge on any atom is -0.504 e. The summed E-state index contributed by atoms with van der Waals surface area (Å²) >= 11 is 0. The molecule has 0 fully saturated rings. The van der Waals surface area contributed by atoms with Crippen LogP contribution < -0.4 is 0 Å². The third-order valence-corrected chi connectivity index (χ3v) is 3.45. The number of unbranched alkanes of at least 4 members (excludes halogenated alkanes) is 1. The van der Waals surface area contributed by atoms with Crippen LogP contribution in [-0.4, -0.2) is 35.7 Å². The lowest BCUT2D eigenvalue weighted by atomic mass is 9.95.